The number of halogens is 1. The van der Waals surface area contributed by atoms with Crippen LogP contribution in [0.2, 0.25) is 0 Å². The molecule has 1 aliphatic rings. The number of benzene rings is 1. The van der Waals surface area contributed by atoms with Gasteiger partial charge in [-0.2, -0.15) is 0 Å². The highest BCUT2D eigenvalue weighted by Crippen LogP contribution is 2.28. The molecule has 1 fully saturated rings. The molecule has 3 N–H and O–H groups in total. The zero-order chi connectivity index (χ0) is 14.0. The number of carbonyl (C=O) groups is 1. The molecule has 1 aromatic rings. The van der Waals surface area contributed by atoms with E-state index in [4.69, 9.17) is 5.73 Å². The van der Waals surface area contributed by atoms with Crippen LogP contribution in [0.3, 0.4) is 0 Å². The minimum absolute atomic E-state index is 0.0417. The van der Waals surface area contributed by atoms with E-state index in [1.165, 1.54) is 18.2 Å². The highest BCUT2D eigenvalue weighted by molar-refractivity contribution is 5.95. The zero-order valence-corrected chi connectivity index (χ0v) is 11.3. The normalized spacial score (nSPS) is 16.4. The summed E-state index contributed by atoms with van der Waals surface area (Å²) in [5.41, 5.74) is 6.05. The van der Waals surface area contributed by atoms with Gasteiger partial charge in [-0.25, -0.2) is 4.39 Å². The first kappa shape index (κ1) is 13.8. The Labute approximate surface area is 112 Å². The quantitative estimate of drug-likeness (QED) is 0.803. The van der Waals surface area contributed by atoms with E-state index in [1.54, 1.807) is 0 Å². The Hall–Kier alpha value is -1.62. The summed E-state index contributed by atoms with van der Waals surface area (Å²) in [6, 6.07) is 4.55. The number of likely N-dealkylation sites (N-methyl/N-ethyl adjacent to an activating group) is 1. The van der Waals surface area contributed by atoms with Crippen LogP contribution in [-0.4, -0.2) is 29.4 Å². The summed E-state index contributed by atoms with van der Waals surface area (Å²) in [5.74, 6) is -0.557. The molecule has 1 saturated carbocycles. The Bertz CT molecular complexity index is 474. The maximum absolute atomic E-state index is 13.0. The Morgan fingerprint density at radius 1 is 1.58 bits per heavy atom. The molecule has 0 heterocycles. The van der Waals surface area contributed by atoms with Gasteiger partial charge in [-0.15, -0.1) is 0 Å². The van der Waals surface area contributed by atoms with Crippen molar-refractivity contribution < 1.29 is 9.18 Å². The molecule has 2 rings (SSSR count). The molecule has 0 spiro atoms. The molecular formula is C14H20FN3O. The monoisotopic (exact) mass is 265 g/mol. The van der Waals surface area contributed by atoms with E-state index in [-0.39, 0.29) is 17.6 Å². The van der Waals surface area contributed by atoms with Gasteiger partial charge in [0, 0.05) is 11.7 Å². The van der Waals surface area contributed by atoms with Crippen molar-refractivity contribution >= 4 is 17.3 Å². The van der Waals surface area contributed by atoms with Gasteiger partial charge in [0.15, 0.2) is 0 Å². The van der Waals surface area contributed by atoms with Crippen molar-refractivity contribution in [1.82, 2.24) is 4.90 Å². The second-order valence-corrected chi connectivity index (χ2v) is 4.96. The van der Waals surface area contributed by atoms with Gasteiger partial charge in [0.05, 0.1) is 11.7 Å². The molecule has 0 saturated heterocycles. The van der Waals surface area contributed by atoms with Gasteiger partial charge in [-0.3, -0.25) is 9.69 Å². The van der Waals surface area contributed by atoms with Gasteiger partial charge in [0.2, 0.25) is 5.91 Å². The third-order valence-corrected chi connectivity index (χ3v) is 3.52. The van der Waals surface area contributed by atoms with Gasteiger partial charge in [0.1, 0.15) is 5.82 Å². The van der Waals surface area contributed by atoms with Gasteiger partial charge >= 0.3 is 0 Å². The molecule has 1 amide bonds. The number of hydrogen-bond donors (Lipinski definition) is 2. The van der Waals surface area contributed by atoms with Crippen molar-refractivity contribution in [2.45, 2.75) is 38.8 Å². The smallest absolute Gasteiger partial charge is 0.241 e. The first-order valence-electron chi connectivity index (χ1n) is 6.64. The van der Waals surface area contributed by atoms with Crippen LogP contribution in [-0.2, 0) is 4.79 Å². The van der Waals surface area contributed by atoms with Crippen LogP contribution in [0.15, 0.2) is 18.2 Å². The van der Waals surface area contributed by atoms with Crippen LogP contribution in [0.25, 0.3) is 0 Å². The van der Waals surface area contributed by atoms with Gasteiger partial charge < -0.3 is 11.1 Å². The number of rotatable bonds is 5. The Morgan fingerprint density at radius 3 is 2.79 bits per heavy atom. The van der Waals surface area contributed by atoms with E-state index in [0.717, 1.165) is 19.4 Å². The highest BCUT2D eigenvalue weighted by Gasteiger charge is 2.33. The summed E-state index contributed by atoms with van der Waals surface area (Å²) in [4.78, 5) is 14.3. The van der Waals surface area contributed by atoms with Crippen molar-refractivity contribution in [2.24, 2.45) is 0 Å². The Morgan fingerprint density at radius 2 is 2.26 bits per heavy atom. The molecule has 1 atom stereocenters. The van der Waals surface area contributed by atoms with Gasteiger partial charge in [-0.05, 0) is 44.5 Å². The van der Waals surface area contributed by atoms with E-state index in [9.17, 15) is 9.18 Å². The molecule has 1 unspecified atom stereocenters. The molecule has 104 valence electrons. The lowest BCUT2D eigenvalue weighted by Gasteiger charge is -2.26. The Balaban J connectivity index is 2.01. The lowest BCUT2D eigenvalue weighted by atomic mass is 10.2. The number of hydrogen-bond acceptors (Lipinski definition) is 3. The fraction of sp³-hybridized carbons (Fsp3) is 0.500. The summed E-state index contributed by atoms with van der Waals surface area (Å²) >= 11 is 0. The van der Waals surface area contributed by atoms with Crippen LogP contribution in [0.4, 0.5) is 15.8 Å². The number of carbonyl (C=O) groups excluding carboxylic acids is 1. The SMILES string of the molecule is CCN(C1CC1)C(C)C(=O)Nc1ccc(F)c(N)c1. The lowest BCUT2D eigenvalue weighted by Crippen LogP contribution is -2.43. The predicted octanol–water partition coefficient (Wildman–Crippen LogP) is 2.22. The summed E-state index contributed by atoms with van der Waals surface area (Å²) in [6.45, 7) is 4.80. The fourth-order valence-corrected chi connectivity index (χ4v) is 2.27. The second kappa shape index (κ2) is 5.57. The first-order valence-corrected chi connectivity index (χ1v) is 6.64. The minimum Gasteiger partial charge on any atom is -0.396 e. The summed E-state index contributed by atoms with van der Waals surface area (Å²) in [5, 5.41) is 2.78. The minimum atomic E-state index is -0.473. The van der Waals surface area contributed by atoms with Crippen molar-refractivity contribution in [1.29, 1.82) is 0 Å². The second-order valence-electron chi connectivity index (χ2n) is 4.96. The zero-order valence-electron chi connectivity index (χ0n) is 11.3. The van der Waals surface area contributed by atoms with Crippen molar-refractivity contribution in [3.05, 3.63) is 24.0 Å². The van der Waals surface area contributed by atoms with Crippen molar-refractivity contribution in [3.63, 3.8) is 0 Å². The Kier molecular flexibility index (Phi) is 4.04. The standard InChI is InChI=1S/C14H20FN3O/c1-3-18(11-5-6-11)9(2)14(19)17-10-4-7-12(15)13(16)8-10/h4,7-9,11H,3,5-6,16H2,1-2H3,(H,17,19). The molecule has 0 bridgehead atoms. The molecule has 19 heavy (non-hydrogen) atoms. The van der Waals surface area contributed by atoms with Gasteiger partial charge in [0.25, 0.3) is 0 Å². The summed E-state index contributed by atoms with van der Waals surface area (Å²) in [6.07, 6.45) is 2.32. The van der Waals surface area contributed by atoms with Crippen LogP contribution >= 0.6 is 0 Å². The molecule has 0 aliphatic heterocycles. The molecule has 1 aromatic carbocycles. The van der Waals surface area contributed by atoms with E-state index in [2.05, 4.69) is 17.1 Å². The third-order valence-electron chi connectivity index (χ3n) is 3.52. The van der Waals surface area contributed by atoms with Crippen molar-refractivity contribution in [2.75, 3.05) is 17.6 Å². The van der Waals surface area contributed by atoms with Crippen LogP contribution in [0, 0.1) is 5.82 Å². The van der Waals surface area contributed by atoms with Crippen LogP contribution in [0.5, 0.6) is 0 Å². The maximum atomic E-state index is 13.0. The third kappa shape index (κ3) is 3.23. The summed E-state index contributed by atoms with van der Waals surface area (Å²) in [7, 11) is 0. The fourth-order valence-electron chi connectivity index (χ4n) is 2.27. The topological polar surface area (TPSA) is 58.4 Å². The largest absolute Gasteiger partial charge is 0.396 e. The number of nitrogen functional groups attached to an aromatic ring is 1. The van der Waals surface area contributed by atoms with E-state index in [1.807, 2.05) is 6.92 Å². The van der Waals surface area contributed by atoms with Crippen LogP contribution < -0.4 is 11.1 Å². The number of nitrogens with zero attached hydrogens (tertiary/aromatic N) is 1. The first-order chi connectivity index (χ1) is 9.02. The number of amides is 1. The number of anilines is 2. The predicted molar refractivity (Wildman–Crippen MR) is 74.3 cm³/mol. The number of nitrogens with one attached hydrogen (secondary N) is 1. The molecule has 5 heteroatoms. The van der Waals surface area contributed by atoms with Crippen LogP contribution in [0.1, 0.15) is 26.7 Å². The molecule has 0 aromatic heterocycles. The lowest BCUT2D eigenvalue weighted by molar-refractivity contribution is -0.120. The molecule has 4 nitrogen and oxygen atoms in total. The highest BCUT2D eigenvalue weighted by atomic mass is 19.1. The average Bonchev–Trinajstić information content (AvgIpc) is 3.19. The van der Waals surface area contributed by atoms with E-state index < -0.39 is 5.82 Å². The summed E-state index contributed by atoms with van der Waals surface area (Å²) < 4.78 is 13.0. The number of nitrogens with two attached hydrogens (primary N) is 1. The van der Waals surface area contributed by atoms with E-state index >= 15 is 0 Å². The van der Waals surface area contributed by atoms with E-state index in [0.29, 0.717) is 11.7 Å². The molecule has 0 radical (unpaired) electrons. The maximum Gasteiger partial charge on any atom is 0.241 e. The molecule has 1 aliphatic carbocycles. The average molecular weight is 265 g/mol. The molecular weight excluding hydrogens is 245 g/mol. The van der Waals surface area contributed by atoms with Crippen molar-refractivity contribution in [3.8, 4) is 0 Å². The van der Waals surface area contributed by atoms with Gasteiger partial charge in [-0.1, -0.05) is 6.92 Å².